The highest BCUT2D eigenvalue weighted by Gasteiger charge is 2.19. The van der Waals surface area contributed by atoms with Crippen LogP contribution in [-0.2, 0) is 4.79 Å². The summed E-state index contributed by atoms with van der Waals surface area (Å²) >= 11 is 0.878. The molecule has 2 aromatic heterocycles. The number of nitrogens with one attached hydrogen (secondary N) is 1. The number of thiophene rings is 1. The molecule has 0 saturated heterocycles. The van der Waals surface area contributed by atoms with Gasteiger partial charge in [0.2, 0.25) is 0 Å². The maximum Gasteiger partial charge on any atom is 0.322 e. The molecule has 0 bridgehead atoms. The number of aromatic nitrogens is 1. The number of carboxylic acid groups (broad SMARTS) is 1. The number of aliphatic carboxylic acids is 1. The minimum absolute atomic E-state index is 0.170. The lowest BCUT2D eigenvalue weighted by atomic mass is 10.2. The van der Waals surface area contributed by atoms with E-state index in [0.717, 1.165) is 11.3 Å². The second-order valence-electron chi connectivity index (χ2n) is 4.18. The number of hydrogen-bond donors (Lipinski definition) is 3. The van der Waals surface area contributed by atoms with Gasteiger partial charge in [0.25, 0.3) is 12.3 Å². The van der Waals surface area contributed by atoms with Crippen LogP contribution in [0.25, 0.3) is 10.2 Å². The third-order valence-corrected chi connectivity index (χ3v) is 3.87. The number of nitrogens with two attached hydrogens (primary N) is 1. The summed E-state index contributed by atoms with van der Waals surface area (Å²) < 4.78 is 25.9. The molecule has 0 spiro atoms. The summed E-state index contributed by atoms with van der Waals surface area (Å²) in [6.07, 6.45) is -1.41. The number of nitrogens with zero attached hydrogens (tertiary/aromatic N) is 1. The van der Waals surface area contributed by atoms with Gasteiger partial charge in [-0.1, -0.05) is 0 Å². The number of pyridine rings is 1. The summed E-state index contributed by atoms with van der Waals surface area (Å²) in [5.41, 5.74) is 5.37. The van der Waals surface area contributed by atoms with Gasteiger partial charge in [0.1, 0.15) is 6.04 Å². The Kier molecular flexibility index (Phi) is 4.43. The lowest BCUT2D eigenvalue weighted by Crippen LogP contribution is -2.42. The van der Waals surface area contributed by atoms with E-state index in [1.54, 1.807) is 0 Å². The van der Waals surface area contributed by atoms with Crippen LogP contribution in [-0.4, -0.2) is 34.6 Å². The molecule has 112 valence electrons. The highest BCUT2D eigenvalue weighted by molar-refractivity contribution is 7.21. The summed E-state index contributed by atoms with van der Waals surface area (Å²) in [6, 6.07) is 1.36. The lowest BCUT2D eigenvalue weighted by Gasteiger charge is -2.06. The van der Waals surface area contributed by atoms with E-state index in [9.17, 15) is 18.4 Å². The van der Waals surface area contributed by atoms with Crippen molar-refractivity contribution >= 4 is 33.4 Å². The summed E-state index contributed by atoms with van der Waals surface area (Å²) in [6.45, 7) is -0.252. The zero-order valence-electron chi connectivity index (χ0n) is 10.5. The second kappa shape index (κ2) is 6.10. The molecule has 2 rings (SSSR count). The van der Waals surface area contributed by atoms with E-state index >= 15 is 0 Å². The third-order valence-electron chi connectivity index (χ3n) is 2.70. The van der Waals surface area contributed by atoms with Crippen LogP contribution in [0.4, 0.5) is 8.78 Å². The molecule has 0 aliphatic heterocycles. The number of amides is 1. The molecule has 2 aromatic rings. The number of hydrogen-bond acceptors (Lipinski definition) is 5. The van der Waals surface area contributed by atoms with Crippen LogP contribution in [0.5, 0.6) is 0 Å². The quantitative estimate of drug-likeness (QED) is 0.773. The fourth-order valence-electron chi connectivity index (χ4n) is 1.62. The van der Waals surface area contributed by atoms with Gasteiger partial charge in [-0.05, 0) is 12.1 Å². The third kappa shape index (κ3) is 3.31. The molecule has 0 fully saturated rings. The average Bonchev–Trinajstić information content (AvgIpc) is 2.87. The van der Waals surface area contributed by atoms with Crippen molar-refractivity contribution in [3.63, 3.8) is 0 Å². The zero-order valence-corrected chi connectivity index (χ0v) is 11.4. The summed E-state index contributed by atoms with van der Waals surface area (Å²) in [5, 5.41) is 11.0. The maximum atomic E-state index is 12.8. The smallest absolute Gasteiger partial charge is 0.322 e. The predicted molar refractivity (Wildman–Crippen MR) is 72.5 cm³/mol. The number of carbonyl (C=O) groups excluding carboxylic acids is 1. The molecule has 21 heavy (non-hydrogen) atoms. The topological polar surface area (TPSA) is 105 Å². The Morgan fingerprint density at radius 3 is 2.81 bits per heavy atom. The minimum atomic E-state index is -2.66. The number of fused-ring (bicyclic) bond motifs is 1. The minimum Gasteiger partial charge on any atom is -0.480 e. The van der Waals surface area contributed by atoms with Gasteiger partial charge in [0.05, 0.1) is 15.1 Å². The van der Waals surface area contributed by atoms with E-state index < -0.39 is 24.3 Å². The SMILES string of the molecule is NC(CNC(=O)c1cc2nccc(C(F)F)c2s1)C(=O)O. The van der Waals surface area contributed by atoms with Crippen molar-refractivity contribution in [3.8, 4) is 0 Å². The van der Waals surface area contributed by atoms with E-state index in [1.165, 1.54) is 18.3 Å². The predicted octanol–water partition coefficient (Wildman–Crippen LogP) is 1.38. The first-order valence-electron chi connectivity index (χ1n) is 5.83. The highest BCUT2D eigenvalue weighted by Crippen LogP contribution is 2.32. The Hall–Kier alpha value is -2.13. The summed E-state index contributed by atoms with van der Waals surface area (Å²) in [4.78, 5) is 26.5. The van der Waals surface area contributed by atoms with Gasteiger partial charge in [-0.2, -0.15) is 0 Å². The first kappa shape index (κ1) is 15.3. The molecule has 1 amide bonds. The molecule has 1 atom stereocenters. The summed E-state index contributed by atoms with van der Waals surface area (Å²) in [7, 11) is 0. The van der Waals surface area contributed by atoms with Gasteiger partial charge in [0, 0.05) is 18.3 Å². The first-order chi connectivity index (χ1) is 9.90. The Labute approximate surface area is 121 Å². The molecule has 0 aliphatic rings. The van der Waals surface area contributed by atoms with Crippen molar-refractivity contribution in [2.45, 2.75) is 12.5 Å². The van der Waals surface area contributed by atoms with Gasteiger partial charge in [-0.15, -0.1) is 11.3 Å². The second-order valence-corrected chi connectivity index (χ2v) is 5.23. The van der Waals surface area contributed by atoms with Crippen molar-refractivity contribution < 1.29 is 23.5 Å². The van der Waals surface area contributed by atoms with E-state index in [2.05, 4.69) is 10.3 Å². The zero-order chi connectivity index (χ0) is 15.6. The van der Waals surface area contributed by atoms with E-state index in [-0.39, 0.29) is 21.7 Å². The van der Waals surface area contributed by atoms with Crippen LogP contribution in [0.1, 0.15) is 21.7 Å². The van der Waals surface area contributed by atoms with Gasteiger partial charge in [-0.25, -0.2) is 8.78 Å². The molecule has 4 N–H and O–H groups in total. The van der Waals surface area contributed by atoms with Crippen LogP contribution in [0.3, 0.4) is 0 Å². The van der Waals surface area contributed by atoms with Gasteiger partial charge in [0.15, 0.2) is 0 Å². The van der Waals surface area contributed by atoms with Crippen LogP contribution in [0, 0.1) is 0 Å². The largest absolute Gasteiger partial charge is 0.480 e. The van der Waals surface area contributed by atoms with Crippen LogP contribution < -0.4 is 11.1 Å². The number of rotatable bonds is 5. The van der Waals surface area contributed by atoms with Gasteiger partial charge >= 0.3 is 5.97 Å². The van der Waals surface area contributed by atoms with E-state index in [4.69, 9.17) is 10.8 Å². The standard InChI is InChI=1S/C12H11F2N3O3S/c13-10(14)5-1-2-16-7-3-8(21-9(5)7)11(18)17-4-6(15)12(19)20/h1-3,6,10H,4,15H2,(H,17,18)(H,19,20). The average molecular weight is 315 g/mol. The molecule has 6 nitrogen and oxygen atoms in total. The van der Waals surface area contributed by atoms with Crippen molar-refractivity contribution in [3.05, 3.63) is 28.8 Å². The van der Waals surface area contributed by atoms with Crippen LogP contribution in [0.15, 0.2) is 18.3 Å². The molecular weight excluding hydrogens is 304 g/mol. The van der Waals surface area contributed by atoms with E-state index in [1.807, 2.05) is 0 Å². The summed E-state index contributed by atoms with van der Waals surface area (Å²) in [5.74, 6) is -1.82. The normalized spacial score (nSPS) is 12.6. The van der Waals surface area contributed by atoms with Gasteiger partial charge in [-0.3, -0.25) is 14.6 Å². The number of carboxylic acids is 1. The van der Waals surface area contributed by atoms with Crippen molar-refractivity contribution in [1.29, 1.82) is 0 Å². The molecule has 0 radical (unpaired) electrons. The number of halogens is 2. The highest BCUT2D eigenvalue weighted by atomic mass is 32.1. The van der Waals surface area contributed by atoms with Crippen molar-refractivity contribution in [2.24, 2.45) is 5.73 Å². The molecule has 0 aliphatic carbocycles. The number of carbonyl (C=O) groups is 2. The molecule has 0 saturated carbocycles. The van der Waals surface area contributed by atoms with Crippen LogP contribution in [0.2, 0.25) is 0 Å². The Morgan fingerprint density at radius 1 is 1.48 bits per heavy atom. The van der Waals surface area contributed by atoms with E-state index in [0.29, 0.717) is 5.52 Å². The fraction of sp³-hybridized carbons (Fsp3) is 0.250. The molecule has 2 heterocycles. The monoisotopic (exact) mass is 315 g/mol. The van der Waals surface area contributed by atoms with Crippen LogP contribution >= 0.6 is 11.3 Å². The van der Waals surface area contributed by atoms with Crippen molar-refractivity contribution in [2.75, 3.05) is 6.54 Å². The van der Waals surface area contributed by atoms with Crippen molar-refractivity contribution in [1.82, 2.24) is 10.3 Å². The Morgan fingerprint density at radius 2 is 2.19 bits per heavy atom. The Bertz CT molecular complexity index is 689. The number of alkyl halides is 2. The fourth-order valence-corrected chi connectivity index (χ4v) is 2.67. The molecule has 1 unspecified atom stereocenters. The molecule has 0 aromatic carbocycles. The first-order valence-corrected chi connectivity index (χ1v) is 6.65. The molecular formula is C12H11F2N3O3S. The maximum absolute atomic E-state index is 12.8. The lowest BCUT2D eigenvalue weighted by molar-refractivity contribution is -0.138. The van der Waals surface area contributed by atoms with Gasteiger partial charge < -0.3 is 16.2 Å². The Balaban J connectivity index is 2.21. The molecule has 9 heteroatoms.